The fourth-order valence-electron chi connectivity index (χ4n) is 1.97. The maximum Gasteiger partial charge on any atom is 0.175 e. The molecule has 0 amide bonds. The zero-order valence-electron chi connectivity index (χ0n) is 11.5. The van der Waals surface area contributed by atoms with Gasteiger partial charge in [-0.1, -0.05) is 36.4 Å². The second-order valence-electron chi connectivity index (χ2n) is 4.38. The van der Waals surface area contributed by atoms with E-state index < -0.39 is 10.8 Å². The molecular weight excluding hydrogens is 272 g/mol. The van der Waals surface area contributed by atoms with E-state index in [1.54, 1.807) is 24.3 Å². The average molecular weight is 288 g/mol. The Balaban J connectivity index is 2.20. The van der Waals surface area contributed by atoms with E-state index in [4.69, 9.17) is 4.74 Å². The lowest BCUT2D eigenvalue weighted by Crippen LogP contribution is -2.13. The summed E-state index contributed by atoms with van der Waals surface area (Å²) in [6, 6.07) is 14.4. The molecule has 2 aromatic rings. The lowest BCUT2D eigenvalue weighted by molar-refractivity contribution is 0.102. The molecule has 0 saturated heterocycles. The van der Waals surface area contributed by atoms with E-state index in [1.807, 2.05) is 31.2 Å². The summed E-state index contributed by atoms with van der Waals surface area (Å²) in [6.07, 6.45) is 0. The number of carbonyl (C=O) groups excluding carboxylic acids is 1. The van der Waals surface area contributed by atoms with Crippen LogP contribution in [0, 0.1) is 6.92 Å². The summed E-state index contributed by atoms with van der Waals surface area (Å²) >= 11 is 0. The summed E-state index contributed by atoms with van der Waals surface area (Å²) in [5.74, 6) is 0.390. The molecule has 0 saturated carbocycles. The van der Waals surface area contributed by atoms with E-state index in [0.29, 0.717) is 16.2 Å². The Hall–Kier alpha value is -1.94. The van der Waals surface area contributed by atoms with Crippen molar-refractivity contribution in [2.75, 3.05) is 12.9 Å². The highest BCUT2D eigenvalue weighted by Crippen LogP contribution is 2.22. The first-order chi connectivity index (χ1) is 9.63. The van der Waals surface area contributed by atoms with Gasteiger partial charge in [-0.3, -0.25) is 9.00 Å². The Morgan fingerprint density at radius 3 is 2.45 bits per heavy atom. The molecule has 4 heteroatoms. The van der Waals surface area contributed by atoms with Crippen LogP contribution in [-0.4, -0.2) is 22.9 Å². The van der Waals surface area contributed by atoms with Crippen LogP contribution in [0.2, 0.25) is 0 Å². The maximum atomic E-state index is 12.3. The molecule has 0 fully saturated rings. The van der Waals surface area contributed by atoms with Crippen molar-refractivity contribution in [1.82, 2.24) is 0 Å². The molecule has 0 radical (unpaired) electrons. The predicted molar refractivity (Wildman–Crippen MR) is 79.8 cm³/mol. The van der Waals surface area contributed by atoms with Crippen molar-refractivity contribution in [2.24, 2.45) is 0 Å². The van der Waals surface area contributed by atoms with Gasteiger partial charge in [-0.25, -0.2) is 0 Å². The van der Waals surface area contributed by atoms with Crippen LogP contribution in [0.1, 0.15) is 15.9 Å². The number of para-hydroxylation sites is 1. The molecule has 0 aliphatic heterocycles. The SMILES string of the molecule is COc1ccccc1S(=O)CC(=O)c1ccccc1C. The summed E-state index contributed by atoms with van der Waals surface area (Å²) in [5, 5.41) is 0. The third kappa shape index (κ3) is 3.14. The number of aryl methyl sites for hydroxylation is 1. The molecule has 1 unspecified atom stereocenters. The van der Waals surface area contributed by atoms with Crippen molar-refractivity contribution in [1.29, 1.82) is 0 Å². The Labute approximate surface area is 121 Å². The van der Waals surface area contributed by atoms with Crippen molar-refractivity contribution < 1.29 is 13.7 Å². The van der Waals surface area contributed by atoms with E-state index in [-0.39, 0.29) is 11.5 Å². The van der Waals surface area contributed by atoms with Crippen molar-refractivity contribution in [3.63, 3.8) is 0 Å². The molecule has 2 aromatic carbocycles. The number of benzene rings is 2. The van der Waals surface area contributed by atoms with Gasteiger partial charge in [-0.05, 0) is 24.6 Å². The fourth-order valence-corrected chi connectivity index (χ4v) is 3.12. The molecule has 104 valence electrons. The van der Waals surface area contributed by atoms with Crippen LogP contribution in [0.25, 0.3) is 0 Å². The van der Waals surface area contributed by atoms with Gasteiger partial charge < -0.3 is 4.74 Å². The minimum Gasteiger partial charge on any atom is -0.495 e. The second-order valence-corrected chi connectivity index (χ2v) is 5.80. The smallest absolute Gasteiger partial charge is 0.175 e. The number of methoxy groups -OCH3 is 1. The third-order valence-corrected chi connectivity index (χ3v) is 4.37. The molecule has 2 rings (SSSR count). The number of rotatable bonds is 5. The molecule has 0 bridgehead atoms. The summed E-state index contributed by atoms with van der Waals surface area (Å²) < 4.78 is 17.5. The highest BCUT2D eigenvalue weighted by molar-refractivity contribution is 7.86. The maximum absolute atomic E-state index is 12.3. The standard InChI is InChI=1S/C16H16O3S/c1-12-7-3-4-8-13(12)14(17)11-20(18)16-10-6-5-9-15(16)19-2/h3-10H,11H2,1-2H3. The van der Waals surface area contributed by atoms with Crippen LogP contribution in [0.4, 0.5) is 0 Å². The summed E-state index contributed by atoms with van der Waals surface area (Å²) in [5.41, 5.74) is 1.52. The first kappa shape index (κ1) is 14.5. The summed E-state index contributed by atoms with van der Waals surface area (Å²) in [7, 11) is 0.119. The minimum atomic E-state index is -1.41. The number of hydrogen-bond acceptors (Lipinski definition) is 3. The van der Waals surface area contributed by atoms with E-state index in [1.165, 1.54) is 7.11 Å². The van der Waals surface area contributed by atoms with Crippen LogP contribution in [0.15, 0.2) is 53.4 Å². The van der Waals surface area contributed by atoms with Gasteiger partial charge in [0.1, 0.15) is 5.75 Å². The van der Waals surface area contributed by atoms with Gasteiger partial charge in [0.25, 0.3) is 0 Å². The summed E-state index contributed by atoms with van der Waals surface area (Å²) in [6.45, 7) is 1.87. The van der Waals surface area contributed by atoms with Crippen LogP contribution in [-0.2, 0) is 10.8 Å². The molecule has 0 aromatic heterocycles. The largest absolute Gasteiger partial charge is 0.495 e. The normalized spacial score (nSPS) is 11.9. The Morgan fingerprint density at radius 1 is 1.10 bits per heavy atom. The van der Waals surface area contributed by atoms with Gasteiger partial charge >= 0.3 is 0 Å². The van der Waals surface area contributed by atoms with E-state index in [2.05, 4.69) is 0 Å². The number of Topliss-reactive ketones (excluding diaryl/α,β-unsaturated/α-hetero) is 1. The molecule has 1 atom stereocenters. The van der Waals surface area contributed by atoms with Gasteiger partial charge in [0.2, 0.25) is 0 Å². The quantitative estimate of drug-likeness (QED) is 0.794. The first-order valence-corrected chi connectivity index (χ1v) is 7.55. The predicted octanol–water partition coefficient (Wildman–Crippen LogP) is 2.99. The van der Waals surface area contributed by atoms with Crippen LogP contribution >= 0.6 is 0 Å². The highest BCUT2D eigenvalue weighted by Gasteiger charge is 2.16. The van der Waals surface area contributed by atoms with Crippen molar-refractivity contribution in [2.45, 2.75) is 11.8 Å². The monoisotopic (exact) mass is 288 g/mol. The lowest BCUT2D eigenvalue weighted by atomic mass is 10.1. The minimum absolute atomic E-state index is 0.0365. The van der Waals surface area contributed by atoms with Gasteiger partial charge in [0.15, 0.2) is 5.78 Å². The zero-order chi connectivity index (χ0) is 14.5. The van der Waals surface area contributed by atoms with Gasteiger partial charge in [-0.15, -0.1) is 0 Å². The molecule has 3 nitrogen and oxygen atoms in total. The Bertz CT molecular complexity index is 650. The zero-order valence-corrected chi connectivity index (χ0v) is 12.3. The van der Waals surface area contributed by atoms with Gasteiger partial charge in [0, 0.05) is 5.56 Å². The Kier molecular flexibility index (Phi) is 4.69. The first-order valence-electron chi connectivity index (χ1n) is 6.23. The van der Waals surface area contributed by atoms with Crippen LogP contribution in [0.3, 0.4) is 0 Å². The molecular formula is C16H16O3S. The highest BCUT2D eigenvalue weighted by atomic mass is 32.2. The number of ketones is 1. The van der Waals surface area contributed by atoms with E-state index in [0.717, 1.165) is 5.56 Å². The molecule has 20 heavy (non-hydrogen) atoms. The van der Waals surface area contributed by atoms with Crippen molar-refractivity contribution in [3.8, 4) is 5.75 Å². The summed E-state index contributed by atoms with van der Waals surface area (Å²) in [4.78, 5) is 12.8. The van der Waals surface area contributed by atoms with E-state index >= 15 is 0 Å². The topological polar surface area (TPSA) is 43.4 Å². The second kappa shape index (κ2) is 6.48. The fraction of sp³-hybridized carbons (Fsp3) is 0.188. The molecule has 0 aliphatic rings. The van der Waals surface area contributed by atoms with Crippen LogP contribution < -0.4 is 4.74 Å². The molecule has 0 heterocycles. The third-order valence-electron chi connectivity index (χ3n) is 3.02. The number of ether oxygens (including phenoxy) is 1. The average Bonchev–Trinajstić information content (AvgIpc) is 2.47. The lowest BCUT2D eigenvalue weighted by Gasteiger charge is -2.08. The van der Waals surface area contributed by atoms with Crippen molar-refractivity contribution in [3.05, 3.63) is 59.7 Å². The molecule has 0 spiro atoms. The molecule has 0 N–H and O–H groups in total. The number of carbonyl (C=O) groups is 1. The van der Waals surface area contributed by atoms with Gasteiger partial charge in [0.05, 0.1) is 28.6 Å². The van der Waals surface area contributed by atoms with Crippen LogP contribution in [0.5, 0.6) is 5.75 Å². The van der Waals surface area contributed by atoms with Crippen molar-refractivity contribution >= 4 is 16.6 Å². The van der Waals surface area contributed by atoms with E-state index in [9.17, 15) is 9.00 Å². The number of hydrogen-bond donors (Lipinski definition) is 0. The Morgan fingerprint density at radius 2 is 1.75 bits per heavy atom. The van der Waals surface area contributed by atoms with Gasteiger partial charge in [-0.2, -0.15) is 0 Å². The molecule has 0 aliphatic carbocycles.